The van der Waals surface area contributed by atoms with Gasteiger partial charge in [0.25, 0.3) is 10.6 Å². The second-order valence-corrected chi connectivity index (χ2v) is 11.3. The normalized spacial score (nSPS) is 15.7. The van der Waals surface area contributed by atoms with Crippen LogP contribution in [0.4, 0.5) is 0 Å². The Bertz CT molecular complexity index is 1590. The molecular formula is C24H30N6O9S. The molecular weight excluding hydrogens is 548 g/mol. The molecule has 3 heterocycles. The van der Waals surface area contributed by atoms with E-state index < -0.39 is 38.7 Å². The fraction of sp³-hybridized carbons (Fsp3) is 0.500. The summed E-state index contributed by atoms with van der Waals surface area (Å²) in [6, 6.07) is 4.24. The van der Waals surface area contributed by atoms with Crippen molar-refractivity contribution in [2.75, 3.05) is 19.7 Å². The van der Waals surface area contributed by atoms with Gasteiger partial charge in [-0.05, 0) is 57.2 Å². The van der Waals surface area contributed by atoms with Crippen molar-refractivity contribution in [1.82, 2.24) is 23.9 Å². The van der Waals surface area contributed by atoms with Gasteiger partial charge in [-0.3, -0.25) is 9.63 Å². The number of ether oxygens (including phenoxy) is 1. The molecule has 0 spiro atoms. The van der Waals surface area contributed by atoms with Gasteiger partial charge in [-0.2, -0.15) is 4.31 Å². The number of aliphatic carboxylic acids is 1. The molecule has 40 heavy (non-hydrogen) atoms. The maximum absolute atomic E-state index is 13.6. The zero-order valence-electron chi connectivity index (χ0n) is 22.2. The summed E-state index contributed by atoms with van der Waals surface area (Å²) in [4.78, 5) is 46.6. The maximum Gasteiger partial charge on any atom is 0.333 e. The molecule has 1 fully saturated rings. The first-order valence-electron chi connectivity index (χ1n) is 12.8. The molecule has 2 aromatic heterocycles. The van der Waals surface area contributed by atoms with Crippen molar-refractivity contribution in [2.45, 2.75) is 57.5 Å². The number of rotatable bonds is 11. The van der Waals surface area contributed by atoms with Crippen molar-refractivity contribution < 1.29 is 33.0 Å². The Morgan fingerprint density at radius 2 is 2.00 bits per heavy atom. The van der Waals surface area contributed by atoms with Crippen LogP contribution in [0.15, 0.2) is 27.9 Å². The number of piperidine rings is 1. The predicted octanol–water partition coefficient (Wildman–Crippen LogP) is 1.81. The van der Waals surface area contributed by atoms with Crippen LogP contribution in [0.5, 0.6) is 5.75 Å². The van der Waals surface area contributed by atoms with Gasteiger partial charge in [0.05, 0.1) is 22.8 Å². The fourth-order valence-corrected chi connectivity index (χ4v) is 6.37. The molecule has 0 bridgehead atoms. The van der Waals surface area contributed by atoms with Crippen molar-refractivity contribution in [3.63, 3.8) is 0 Å². The molecule has 1 unspecified atom stereocenters. The van der Waals surface area contributed by atoms with E-state index in [1.165, 1.54) is 27.0 Å². The summed E-state index contributed by atoms with van der Waals surface area (Å²) in [6.45, 7) is 5.62. The average Bonchev–Trinajstić information content (AvgIpc) is 3.23. The molecule has 1 aliphatic rings. The smallest absolute Gasteiger partial charge is 0.333 e. The quantitative estimate of drug-likeness (QED) is 0.248. The van der Waals surface area contributed by atoms with E-state index in [1.54, 1.807) is 13.8 Å². The minimum atomic E-state index is -4.07. The predicted molar refractivity (Wildman–Crippen MR) is 140 cm³/mol. The Kier molecular flexibility index (Phi) is 8.39. The first kappa shape index (κ1) is 28.9. The van der Waals surface area contributed by atoms with Crippen molar-refractivity contribution >= 4 is 21.5 Å². The van der Waals surface area contributed by atoms with Crippen molar-refractivity contribution in [3.8, 4) is 17.1 Å². The Labute approximate surface area is 228 Å². The molecule has 1 atom stereocenters. The second kappa shape index (κ2) is 11.6. The molecule has 0 saturated carbocycles. The van der Waals surface area contributed by atoms with Crippen molar-refractivity contribution in [1.29, 1.82) is 0 Å². The van der Waals surface area contributed by atoms with Crippen LogP contribution in [0.2, 0.25) is 0 Å². The average molecular weight is 579 g/mol. The van der Waals surface area contributed by atoms with Gasteiger partial charge >= 0.3 is 5.97 Å². The van der Waals surface area contributed by atoms with Crippen LogP contribution in [0.1, 0.15) is 44.6 Å². The summed E-state index contributed by atoms with van der Waals surface area (Å²) in [5, 5.41) is 23.4. The summed E-state index contributed by atoms with van der Waals surface area (Å²) < 4.78 is 35.5. The lowest BCUT2D eigenvalue weighted by Crippen LogP contribution is -2.44. The van der Waals surface area contributed by atoms with E-state index in [1.807, 2.05) is 6.92 Å². The zero-order chi connectivity index (χ0) is 29.2. The monoisotopic (exact) mass is 578 g/mol. The van der Waals surface area contributed by atoms with Crippen LogP contribution < -0.4 is 10.3 Å². The minimum Gasteiger partial charge on any atom is -0.493 e. The van der Waals surface area contributed by atoms with E-state index in [2.05, 4.69) is 19.9 Å². The fourth-order valence-electron chi connectivity index (χ4n) is 4.87. The highest BCUT2D eigenvalue weighted by atomic mass is 32.2. The van der Waals surface area contributed by atoms with Gasteiger partial charge in [0.1, 0.15) is 11.6 Å². The van der Waals surface area contributed by atoms with Gasteiger partial charge in [-0.15, -0.1) is 15.2 Å². The highest BCUT2D eigenvalue weighted by Gasteiger charge is 2.38. The Morgan fingerprint density at radius 3 is 2.60 bits per heavy atom. The van der Waals surface area contributed by atoms with Crippen LogP contribution in [0, 0.1) is 23.0 Å². The van der Waals surface area contributed by atoms with Crippen LogP contribution in [0.3, 0.4) is 0 Å². The summed E-state index contributed by atoms with van der Waals surface area (Å²) in [5.41, 5.74) is 0.663. The van der Waals surface area contributed by atoms with Gasteiger partial charge in [0.2, 0.25) is 16.1 Å². The molecule has 216 valence electrons. The Hall–Kier alpha value is -4.05. The largest absolute Gasteiger partial charge is 0.493 e. The van der Waals surface area contributed by atoms with Crippen LogP contribution >= 0.6 is 0 Å². The van der Waals surface area contributed by atoms with Crippen molar-refractivity contribution in [2.24, 2.45) is 5.92 Å². The van der Waals surface area contributed by atoms with Gasteiger partial charge in [-0.25, -0.2) is 22.7 Å². The summed E-state index contributed by atoms with van der Waals surface area (Å²) >= 11 is 0. The number of sulfonamides is 1. The van der Waals surface area contributed by atoms with E-state index in [9.17, 15) is 33.2 Å². The second-order valence-electron chi connectivity index (χ2n) is 9.35. The Balaban J connectivity index is 1.69. The third-order valence-electron chi connectivity index (χ3n) is 6.73. The zero-order valence-corrected chi connectivity index (χ0v) is 23.0. The van der Waals surface area contributed by atoms with Gasteiger partial charge in [0, 0.05) is 19.5 Å². The molecule has 2 N–H and O–H groups in total. The number of imidazole rings is 1. The number of aromatic amines is 1. The lowest BCUT2D eigenvalue weighted by Gasteiger charge is -2.33. The number of carboxylic acids is 1. The number of aromatic nitrogens is 4. The first-order valence-corrected chi connectivity index (χ1v) is 14.2. The molecule has 1 aliphatic heterocycles. The standard InChI is InChI=1S/C24H30N6O9S/c1-4-6-19-25-14(3)20-23(31)26-22(27-29(19)20)17-13-16(7-8-18(17)38-5-2)40(36,37)28-11-9-15(10-12-28)21(24(32)33)39-30(34)35/h7-8,13,15,21H,4-6,9-12H2,1-3H3,(H,32,33)(H,26,27,31). The van der Waals surface area contributed by atoms with E-state index >= 15 is 0 Å². The number of hydrogen-bond donors (Lipinski definition) is 2. The van der Waals surface area contributed by atoms with Crippen LogP contribution in [-0.2, 0) is 26.1 Å². The number of nitrogens with zero attached hydrogens (tertiary/aromatic N) is 5. The van der Waals surface area contributed by atoms with Gasteiger partial charge in [-0.1, -0.05) is 6.92 Å². The molecule has 3 aromatic rings. The first-order chi connectivity index (χ1) is 19.0. The minimum absolute atomic E-state index is 0.0552. The summed E-state index contributed by atoms with van der Waals surface area (Å²) in [5.74, 6) is -1.19. The van der Waals surface area contributed by atoms with Crippen LogP contribution in [-0.4, -0.2) is 74.3 Å². The third-order valence-corrected chi connectivity index (χ3v) is 8.62. The molecule has 0 aliphatic carbocycles. The van der Waals surface area contributed by atoms with Crippen molar-refractivity contribution in [3.05, 3.63) is 50.2 Å². The number of carboxylic acid groups (broad SMARTS) is 1. The van der Waals surface area contributed by atoms with Crippen LogP contribution in [0.25, 0.3) is 16.9 Å². The number of nitrogens with one attached hydrogen (secondary N) is 1. The highest BCUT2D eigenvalue weighted by molar-refractivity contribution is 7.89. The summed E-state index contributed by atoms with van der Waals surface area (Å²) in [7, 11) is -4.07. The maximum atomic E-state index is 13.6. The molecule has 1 saturated heterocycles. The number of benzene rings is 1. The number of aryl methyl sites for hydroxylation is 2. The molecule has 16 heteroatoms. The summed E-state index contributed by atoms with van der Waals surface area (Å²) in [6.07, 6.45) is -0.204. The van der Waals surface area contributed by atoms with Gasteiger partial charge < -0.3 is 14.8 Å². The third kappa shape index (κ3) is 5.62. The Morgan fingerprint density at radius 1 is 1.30 bits per heavy atom. The number of fused-ring (bicyclic) bond motifs is 1. The molecule has 15 nitrogen and oxygen atoms in total. The van der Waals surface area contributed by atoms with E-state index in [0.29, 0.717) is 29.2 Å². The lowest BCUT2D eigenvalue weighted by atomic mass is 9.92. The van der Waals surface area contributed by atoms with E-state index in [0.717, 1.165) is 6.42 Å². The highest BCUT2D eigenvalue weighted by Crippen LogP contribution is 2.33. The number of hydrogen-bond acceptors (Lipinski definition) is 10. The number of H-pyrrole nitrogens is 1. The van der Waals surface area contributed by atoms with E-state index in [-0.39, 0.29) is 48.8 Å². The SMILES string of the molecule is CCCc1nc(C)c2c(=O)[nH]c(-c3cc(S(=O)(=O)N4CCC(C(O[N+](=O)[O-])C(=O)O)CC4)ccc3OCC)nn12. The molecule has 0 amide bonds. The van der Waals surface area contributed by atoms with Gasteiger partial charge in [0.15, 0.2) is 11.3 Å². The molecule has 0 radical (unpaired) electrons. The molecule has 4 rings (SSSR count). The number of carbonyl (C=O) groups is 1. The molecule has 1 aromatic carbocycles. The topological polar surface area (TPSA) is 199 Å². The lowest BCUT2D eigenvalue weighted by molar-refractivity contribution is -0.766. The van der Waals surface area contributed by atoms with E-state index in [4.69, 9.17) is 4.74 Å².